The van der Waals surface area contributed by atoms with Crippen molar-refractivity contribution in [2.75, 3.05) is 4.90 Å². The fraction of sp³-hybridized carbons (Fsp3) is 0.357. The van der Waals surface area contributed by atoms with Gasteiger partial charge in [-0.25, -0.2) is 9.69 Å². The number of benzene rings is 1. The van der Waals surface area contributed by atoms with Gasteiger partial charge in [-0.15, -0.1) is 0 Å². The second-order valence-electron chi connectivity index (χ2n) is 4.73. The lowest BCUT2D eigenvalue weighted by molar-refractivity contribution is -0.206. The number of halogens is 3. The highest BCUT2D eigenvalue weighted by Gasteiger charge is 2.49. The van der Waals surface area contributed by atoms with E-state index >= 15 is 0 Å². The van der Waals surface area contributed by atoms with Crippen molar-refractivity contribution < 1.29 is 22.7 Å². The van der Waals surface area contributed by atoms with Crippen molar-refractivity contribution in [1.29, 1.82) is 0 Å². The van der Waals surface area contributed by atoms with Crippen LogP contribution in [0.15, 0.2) is 24.3 Å². The van der Waals surface area contributed by atoms with Crippen LogP contribution in [0.1, 0.15) is 24.5 Å². The molecule has 1 aliphatic carbocycles. The molecule has 1 aromatic carbocycles. The maximum Gasteiger partial charge on any atom is 0.430 e. The summed E-state index contributed by atoms with van der Waals surface area (Å²) in [5, 5.41) is 0. The summed E-state index contributed by atoms with van der Waals surface area (Å²) in [6, 6.07) is 8.38. The van der Waals surface area contributed by atoms with Crippen LogP contribution < -0.4 is 4.90 Å². The van der Waals surface area contributed by atoms with E-state index < -0.39 is 18.4 Å². The van der Waals surface area contributed by atoms with E-state index in [4.69, 9.17) is 0 Å². The Balaban J connectivity index is 2.02. The van der Waals surface area contributed by atoms with E-state index in [-0.39, 0.29) is 17.2 Å². The number of ether oxygens (including phenoxy) is 1. The first-order valence-electron chi connectivity index (χ1n) is 6.14. The maximum atomic E-state index is 12.9. The van der Waals surface area contributed by atoms with E-state index in [1.165, 1.54) is 18.2 Å². The van der Waals surface area contributed by atoms with E-state index in [0.717, 1.165) is 17.7 Å². The summed E-state index contributed by atoms with van der Waals surface area (Å²) >= 11 is 0. The zero-order valence-electron chi connectivity index (χ0n) is 10.3. The average Bonchev–Trinajstić information content (AvgIpc) is 3.20. The highest BCUT2D eigenvalue weighted by Crippen LogP contribution is 2.43. The van der Waals surface area contributed by atoms with Gasteiger partial charge in [0, 0.05) is 17.5 Å². The molecule has 2 aliphatic rings. The number of anilines is 1. The Labute approximate surface area is 113 Å². The average molecular weight is 281 g/mol. The van der Waals surface area contributed by atoms with Gasteiger partial charge in [-0.3, -0.25) is 0 Å². The highest BCUT2D eigenvalue weighted by molar-refractivity contribution is 5.94. The molecular weight excluding hydrogens is 271 g/mol. The Morgan fingerprint density at radius 2 is 1.95 bits per heavy atom. The first kappa shape index (κ1) is 12.9. The number of carbonyl (C=O) groups excluding carboxylic acids is 1. The van der Waals surface area contributed by atoms with E-state index in [0.29, 0.717) is 0 Å². The van der Waals surface area contributed by atoms with E-state index in [1.807, 2.05) is 0 Å². The van der Waals surface area contributed by atoms with Gasteiger partial charge < -0.3 is 4.74 Å². The van der Waals surface area contributed by atoms with Crippen LogP contribution in [0.4, 0.5) is 23.7 Å². The highest BCUT2D eigenvalue weighted by atomic mass is 19.4. The Kier molecular flexibility index (Phi) is 2.85. The van der Waals surface area contributed by atoms with Gasteiger partial charge in [-0.05, 0) is 18.9 Å². The zero-order chi connectivity index (χ0) is 14.3. The molecule has 1 saturated carbocycles. The van der Waals surface area contributed by atoms with Gasteiger partial charge in [-0.2, -0.15) is 13.2 Å². The number of alkyl halides is 3. The number of cyclic esters (lactones) is 1. The molecule has 0 saturated heterocycles. The quantitative estimate of drug-likeness (QED) is 0.680. The molecule has 20 heavy (non-hydrogen) atoms. The summed E-state index contributed by atoms with van der Waals surface area (Å²) in [5.74, 6) is 3.08. The molecule has 0 radical (unpaired) electrons. The van der Waals surface area contributed by atoms with E-state index in [9.17, 15) is 18.0 Å². The first-order chi connectivity index (χ1) is 9.47. The van der Waals surface area contributed by atoms with Crippen LogP contribution in [-0.4, -0.2) is 12.3 Å². The molecule has 1 amide bonds. The lowest BCUT2D eigenvalue weighted by Crippen LogP contribution is -2.39. The molecule has 1 heterocycles. The Hall–Kier alpha value is -2.16. The van der Waals surface area contributed by atoms with Crippen molar-refractivity contribution in [3.05, 3.63) is 29.8 Å². The molecule has 0 bridgehead atoms. The normalized spacial score (nSPS) is 21.6. The Bertz CT molecular complexity index is 611. The van der Waals surface area contributed by atoms with Crippen LogP contribution in [0.25, 0.3) is 0 Å². The molecule has 0 spiro atoms. The topological polar surface area (TPSA) is 29.5 Å². The Morgan fingerprint density at radius 1 is 1.25 bits per heavy atom. The number of para-hydroxylation sites is 1. The number of nitrogens with zero attached hydrogens (tertiary/aromatic N) is 1. The minimum atomic E-state index is -4.64. The monoisotopic (exact) mass is 281 g/mol. The predicted octanol–water partition coefficient (Wildman–Crippen LogP) is 3.62. The smallest absolute Gasteiger partial charge is 0.430 e. The number of hydrogen-bond donors (Lipinski definition) is 0. The summed E-state index contributed by atoms with van der Waals surface area (Å²) in [7, 11) is 0. The SMILES string of the molecule is O=C1OC(C(F)(F)F)c2ccccc2N1C#CC1CC1. The lowest BCUT2D eigenvalue weighted by atomic mass is 10.0. The van der Waals surface area contributed by atoms with Gasteiger partial charge in [-0.1, -0.05) is 24.1 Å². The molecular formula is C14H10F3NO2. The second kappa shape index (κ2) is 4.44. The summed E-state index contributed by atoms with van der Waals surface area (Å²) in [6.07, 6.45) is -6.03. The number of fused-ring (bicyclic) bond motifs is 1. The fourth-order valence-electron chi connectivity index (χ4n) is 1.96. The number of amides is 1. The van der Waals surface area contributed by atoms with Crippen LogP contribution in [0, 0.1) is 17.9 Å². The third-order valence-corrected chi connectivity index (χ3v) is 3.12. The van der Waals surface area contributed by atoms with Crippen molar-refractivity contribution >= 4 is 11.8 Å². The molecule has 1 atom stereocenters. The minimum Gasteiger partial charge on any atom is -0.430 e. The summed E-state index contributed by atoms with van der Waals surface area (Å²) in [5.41, 5.74) is 0.0453. The van der Waals surface area contributed by atoms with Crippen LogP contribution in [0.5, 0.6) is 0 Å². The molecule has 104 valence electrons. The molecule has 1 aromatic rings. The number of hydrogen-bond acceptors (Lipinski definition) is 2. The largest absolute Gasteiger partial charge is 0.430 e. The van der Waals surface area contributed by atoms with Gasteiger partial charge >= 0.3 is 12.3 Å². The summed E-state index contributed by atoms with van der Waals surface area (Å²) in [4.78, 5) is 12.7. The van der Waals surface area contributed by atoms with Crippen molar-refractivity contribution in [3.8, 4) is 12.0 Å². The maximum absolute atomic E-state index is 12.9. The molecule has 1 fully saturated rings. The Morgan fingerprint density at radius 3 is 2.60 bits per heavy atom. The molecule has 0 aromatic heterocycles. The second-order valence-corrected chi connectivity index (χ2v) is 4.73. The van der Waals surface area contributed by atoms with Crippen LogP contribution in [0.3, 0.4) is 0 Å². The predicted molar refractivity (Wildman–Crippen MR) is 64.7 cm³/mol. The number of carbonyl (C=O) groups is 1. The van der Waals surface area contributed by atoms with Gasteiger partial charge in [0.1, 0.15) is 0 Å². The van der Waals surface area contributed by atoms with Gasteiger partial charge in [0.2, 0.25) is 6.10 Å². The molecule has 0 N–H and O–H groups in total. The third kappa shape index (κ3) is 2.31. The van der Waals surface area contributed by atoms with Crippen molar-refractivity contribution in [2.24, 2.45) is 5.92 Å². The van der Waals surface area contributed by atoms with Crippen LogP contribution in [0.2, 0.25) is 0 Å². The van der Waals surface area contributed by atoms with Gasteiger partial charge in [0.25, 0.3) is 0 Å². The third-order valence-electron chi connectivity index (χ3n) is 3.12. The minimum absolute atomic E-state index is 0.0929. The van der Waals surface area contributed by atoms with Crippen LogP contribution in [-0.2, 0) is 4.74 Å². The van der Waals surface area contributed by atoms with Crippen molar-refractivity contribution in [3.63, 3.8) is 0 Å². The fourth-order valence-corrected chi connectivity index (χ4v) is 1.96. The van der Waals surface area contributed by atoms with Crippen molar-refractivity contribution in [2.45, 2.75) is 25.1 Å². The van der Waals surface area contributed by atoms with Crippen molar-refractivity contribution in [1.82, 2.24) is 0 Å². The van der Waals surface area contributed by atoms with Gasteiger partial charge in [0.05, 0.1) is 5.69 Å². The molecule has 6 heteroatoms. The molecule has 3 rings (SSSR count). The molecule has 1 unspecified atom stereocenters. The number of rotatable bonds is 0. The van der Waals surface area contributed by atoms with E-state index in [1.54, 1.807) is 6.07 Å². The van der Waals surface area contributed by atoms with Gasteiger partial charge in [0.15, 0.2) is 0 Å². The standard InChI is InChI=1S/C14H10F3NO2/c15-14(16,17)12-10-3-1-2-4-11(10)18(13(19)20-12)8-7-9-5-6-9/h1-4,9,12H,5-6H2. The lowest BCUT2D eigenvalue weighted by Gasteiger charge is -2.31. The molecule has 1 aliphatic heterocycles. The first-order valence-corrected chi connectivity index (χ1v) is 6.14. The molecule has 3 nitrogen and oxygen atoms in total. The van der Waals surface area contributed by atoms with Crippen LogP contribution >= 0.6 is 0 Å². The van der Waals surface area contributed by atoms with E-state index in [2.05, 4.69) is 16.7 Å². The summed E-state index contributed by atoms with van der Waals surface area (Å²) < 4.78 is 43.2. The summed E-state index contributed by atoms with van der Waals surface area (Å²) in [6.45, 7) is 0. The zero-order valence-corrected chi connectivity index (χ0v) is 10.3.